The molecule has 114 valence electrons. The topological polar surface area (TPSA) is 58.4 Å². The summed E-state index contributed by atoms with van der Waals surface area (Å²) in [7, 11) is 0. The Morgan fingerprint density at radius 1 is 1.38 bits per heavy atom. The third kappa shape index (κ3) is 4.29. The molecule has 5 heteroatoms. The zero-order valence-corrected chi connectivity index (χ0v) is 13.0. The standard InChI is InChI=1S/C16H24N4O/c1-12(2)10-18-16(21)7-8-17-11-14-13(3)19-15-6-4-5-9-20(14)15/h4-6,9,12,17H,7-8,10-11H2,1-3H3,(H,18,21). The molecule has 0 bridgehead atoms. The maximum Gasteiger partial charge on any atom is 0.221 e. The molecule has 2 aromatic heterocycles. The van der Waals surface area contributed by atoms with Crippen molar-refractivity contribution < 1.29 is 4.79 Å². The van der Waals surface area contributed by atoms with Gasteiger partial charge in [-0.15, -0.1) is 0 Å². The Balaban J connectivity index is 1.80. The van der Waals surface area contributed by atoms with E-state index in [9.17, 15) is 4.79 Å². The van der Waals surface area contributed by atoms with Crippen LogP contribution in [0, 0.1) is 12.8 Å². The lowest BCUT2D eigenvalue weighted by Crippen LogP contribution is -2.30. The van der Waals surface area contributed by atoms with Crippen molar-refractivity contribution in [3.63, 3.8) is 0 Å². The summed E-state index contributed by atoms with van der Waals surface area (Å²) in [6.07, 6.45) is 2.52. The van der Waals surface area contributed by atoms with Crippen molar-refractivity contribution in [3.8, 4) is 0 Å². The number of hydrogen-bond donors (Lipinski definition) is 2. The van der Waals surface area contributed by atoms with Crippen molar-refractivity contribution in [2.24, 2.45) is 5.92 Å². The Hall–Kier alpha value is -1.88. The van der Waals surface area contributed by atoms with Crippen molar-refractivity contribution in [2.75, 3.05) is 13.1 Å². The van der Waals surface area contributed by atoms with Gasteiger partial charge in [0.2, 0.25) is 5.91 Å². The minimum Gasteiger partial charge on any atom is -0.356 e. The van der Waals surface area contributed by atoms with E-state index in [4.69, 9.17) is 0 Å². The van der Waals surface area contributed by atoms with Gasteiger partial charge in [-0.3, -0.25) is 4.79 Å². The molecule has 2 heterocycles. The van der Waals surface area contributed by atoms with Gasteiger partial charge in [-0.1, -0.05) is 19.9 Å². The van der Waals surface area contributed by atoms with Crippen LogP contribution in [0.2, 0.25) is 0 Å². The fraction of sp³-hybridized carbons (Fsp3) is 0.500. The average Bonchev–Trinajstić information content (AvgIpc) is 2.77. The van der Waals surface area contributed by atoms with Gasteiger partial charge in [0.25, 0.3) is 0 Å². The monoisotopic (exact) mass is 288 g/mol. The van der Waals surface area contributed by atoms with E-state index in [1.807, 2.05) is 31.3 Å². The summed E-state index contributed by atoms with van der Waals surface area (Å²) in [5, 5.41) is 6.24. The number of aryl methyl sites for hydroxylation is 1. The molecule has 1 amide bonds. The third-order valence-electron chi connectivity index (χ3n) is 3.36. The SMILES string of the molecule is Cc1nc2ccccn2c1CNCCC(=O)NCC(C)C. The molecule has 0 aliphatic rings. The van der Waals surface area contributed by atoms with Gasteiger partial charge in [0, 0.05) is 32.3 Å². The Morgan fingerprint density at radius 2 is 2.19 bits per heavy atom. The summed E-state index contributed by atoms with van der Waals surface area (Å²) in [6, 6.07) is 5.98. The molecule has 0 saturated heterocycles. The quantitative estimate of drug-likeness (QED) is 0.765. The highest BCUT2D eigenvalue weighted by Gasteiger charge is 2.08. The first-order valence-corrected chi connectivity index (χ1v) is 7.48. The largest absolute Gasteiger partial charge is 0.356 e. The van der Waals surface area contributed by atoms with E-state index >= 15 is 0 Å². The van der Waals surface area contributed by atoms with Crippen LogP contribution in [0.3, 0.4) is 0 Å². The Morgan fingerprint density at radius 3 is 2.95 bits per heavy atom. The number of nitrogens with one attached hydrogen (secondary N) is 2. The molecule has 0 unspecified atom stereocenters. The molecular weight excluding hydrogens is 264 g/mol. The van der Waals surface area contributed by atoms with E-state index in [-0.39, 0.29) is 5.91 Å². The second kappa shape index (κ2) is 7.22. The van der Waals surface area contributed by atoms with E-state index in [2.05, 4.69) is 33.9 Å². The van der Waals surface area contributed by atoms with E-state index < -0.39 is 0 Å². The molecule has 0 aliphatic heterocycles. The van der Waals surface area contributed by atoms with Crippen LogP contribution in [0.4, 0.5) is 0 Å². The Bertz CT molecular complexity index is 603. The number of aromatic nitrogens is 2. The minimum atomic E-state index is 0.103. The van der Waals surface area contributed by atoms with Gasteiger partial charge in [0.05, 0.1) is 11.4 Å². The van der Waals surface area contributed by atoms with Crippen LogP contribution in [0.15, 0.2) is 24.4 Å². The van der Waals surface area contributed by atoms with Gasteiger partial charge in [-0.2, -0.15) is 0 Å². The summed E-state index contributed by atoms with van der Waals surface area (Å²) < 4.78 is 2.08. The highest BCUT2D eigenvalue weighted by atomic mass is 16.1. The highest BCUT2D eigenvalue weighted by molar-refractivity contribution is 5.76. The normalized spacial score (nSPS) is 11.2. The van der Waals surface area contributed by atoms with Crippen molar-refractivity contribution in [3.05, 3.63) is 35.8 Å². The maximum absolute atomic E-state index is 11.6. The number of fused-ring (bicyclic) bond motifs is 1. The van der Waals surface area contributed by atoms with Crippen LogP contribution in [-0.4, -0.2) is 28.4 Å². The number of amides is 1. The first-order chi connectivity index (χ1) is 10.1. The first-order valence-electron chi connectivity index (χ1n) is 7.48. The molecule has 0 atom stereocenters. The van der Waals surface area contributed by atoms with Gasteiger partial charge in [-0.25, -0.2) is 4.98 Å². The zero-order chi connectivity index (χ0) is 15.2. The predicted molar refractivity (Wildman–Crippen MR) is 84.1 cm³/mol. The molecule has 0 radical (unpaired) electrons. The summed E-state index contributed by atoms with van der Waals surface area (Å²) >= 11 is 0. The summed E-state index contributed by atoms with van der Waals surface area (Å²) in [4.78, 5) is 16.1. The van der Waals surface area contributed by atoms with Crippen LogP contribution in [0.1, 0.15) is 31.7 Å². The lowest BCUT2D eigenvalue weighted by molar-refractivity contribution is -0.121. The van der Waals surface area contributed by atoms with Crippen LogP contribution >= 0.6 is 0 Å². The zero-order valence-electron chi connectivity index (χ0n) is 13.0. The van der Waals surface area contributed by atoms with Crippen LogP contribution in [0.5, 0.6) is 0 Å². The number of carbonyl (C=O) groups is 1. The number of pyridine rings is 1. The van der Waals surface area contributed by atoms with Gasteiger partial charge >= 0.3 is 0 Å². The molecule has 0 spiro atoms. The van der Waals surface area contributed by atoms with Crippen molar-refractivity contribution in [1.29, 1.82) is 0 Å². The van der Waals surface area contributed by atoms with E-state index in [0.717, 1.165) is 23.6 Å². The molecule has 0 aromatic carbocycles. The predicted octanol–water partition coefficient (Wildman–Crippen LogP) is 1.89. The average molecular weight is 288 g/mol. The fourth-order valence-corrected chi connectivity index (χ4v) is 2.19. The molecule has 0 fully saturated rings. The molecule has 2 N–H and O–H groups in total. The van der Waals surface area contributed by atoms with E-state index in [1.165, 1.54) is 0 Å². The molecule has 2 aromatic rings. The molecule has 21 heavy (non-hydrogen) atoms. The lowest BCUT2D eigenvalue weighted by Gasteiger charge is -2.08. The van der Waals surface area contributed by atoms with E-state index in [0.29, 0.717) is 25.4 Å². The number of imidazole rings is 1. The van der Waals surface area contributed by atoms with Crippen LogP contribution < -0.4 is 10.6 Å². The molecular formula is C16H24N4O. The second-order valence-electron chi connectivity index (χ2n) is 5.70. The number of carbonyl (C=O) groups excluding carboxylic acids is 1. The van der Waals surface area contributed by atoms with Gasteiger partial charge in [-0.05, 0) is 25.0 Å². The first kappa shape index (κ1) is 15.5. The number of rotatable bonds is 7. The van der Waals surface area contributed by atoms with Gasteiger partial charge in [0.1, 0.15) is 5.65 Å². The smallest absolute Gasteiger partial charge is 0.221 e. The molecule has 2 rings (SSSR count). The van der Waals surface area contributed by atoms with Crippen LogP contribution in [-0.2, 0) is 11.3 Å². The second-order valence-corrected chi connectivity index (χ2v) is 5.70. The van der Waals surface area contributed by atoms with Crippen molar-refractivity contribution in [1.82, 2.24) is 20.0 Å². The van der Waals surface area contributed by atoms with Gasteiger partial charge in [0.15, 0.2) is 0 Å². The van der Waals surface area contributed by atoms with Crippen LogP contribution in [0.25, 0.3) is 5.65 Å². The van der Waals surface area contributed by atoms with E-state index in [1.54, 1.807) is 0 Å². The molecule has 0 saturated carbocycles. The fourth-order valence-electron chi connectivity index (χ4n) is 2.19. The summed E-state index contributed by atoms with van der Waals surface area (Å²) in [5.74, 6) is 0.591. The summed E-state index contributed by atoms with van der Waals surface area (Å²) in [6.45, 7) is 8.32. The Kier molecular flexibility index (Phi) is 5.33. The summed E-state index contributed by atoms with van der Waals surface area (Å²) in [5.41, 5.74) is 3.13. The highest BCUT2D eigenvalue weighted by Crippen LogP contribution is 2.11. The number of hydrogen-bond acceptors (Lipinski definition) is 3. The van der Waals surface area contributed by atoms with Gasteiger partial charge < -0.3 is 15.0 Å². The van der Waals surface area contributed by atoms with Crippen molar-refractivity contribution in [2.45, 2.75) is 33.7 Å². The lowest BCUT2D eigenvalue weighted by atomic mass is 10.2. The third-order valence-corrected chi connectivity index (χ3v) is 3.36. The number of nitrogens with zero attached hydrogens (tertiary/aromatic N) is 2. The molecule has 5 nitrogen and oxygen atoms in total. The van der Waals surface area contributed by atoms with Crippen molar-refractivity contribution >= 4 is 11.6 Å². The Labute approximate surface area is 125 Å². The molecule has 0 aliphatic carbocycles. The minimum absolute atomic E-state index is 0.103. The maximum atomic E-state index is 11.6.